The van der Waals surface area contributed by atoms with Gasteiger partial charge in [0.05, 0.1) is 6.42 Å². The number of carbonyl (C=O) groups is 1. The topological polar surface area (TPSA) is 47.3 Å². The number of pyridine rings is 1. The zero-order valence-corrected chi connectivity index (χ0v) is 9.18. The van der Waals surface area contributed by atoms with Crippen molar-refractivity contribution in [3.63, 3.8) is 0 Å². The molecule has 82 valence electrons. The zero-order valence-electron chi connectivity index (χ0n) is 9.18. The van der Waals surface area contributed by atoms with E-state index in [1.54, 1.807) is 4.52 Å². The number of nitrogens with zero attached hydrogens (tertiary/aromatic N) is 3. The van der Waals surface area contributed by atoms with E-state index in [-0.39, 0.29) is 11.7 Å². The molecule has 3 rings (SSSR count). The second-order valence-corrected chi connectivity index (χ2v) is 4.38. The van der Waals surface area contributed by atoms with Gasteiger partial charge < -0.3 is 0 Å². The molecule has 0 aromatic carbocycles. The SMILES string of the molecule is Cc1cccc2nc(CC(=O)C3CC3)nn12. The van der Waals surface area contributed by atoms with Crippen LogP contribution in [0.15, 0.2) is 18.2 Å². The lowest BCUT2D eigenvalue weighted by molar-refractivity contribution is -0.119. The van der Waals surface area contributed by atoms with E-state index >= 15 is 0 Å². The number of ketones is 1. The minimum Gasteiger partial charge on any atom is -0.299 e. The fourth-order valence-electron chi connectivity index (χ4n) is 1.86. The molecule has 0 bridgehead atoms. The molecule has 0 aliphatic heterocycles. The summed E-state index contributed by atoms with van der Waals surface area (Å²) < 4.78 is 1.79. The number of carbonyl (C=O) groups excluding carboxylic acids is 1. The third kappa shape index (κ3) is 1.60. The molecule has 1 aliphatic carbocycles. The summed E-state index contributed by atoms with van der Waals surface area (Å²) in [6, 6.07) is 5.84. The van der Waals surface area contributed by atoms with Gasteiger partial charge in [0.2, 0.25) is 0 Å². The highest BCUT2D eigenvalue weighted by Crippen LogP contribution is 2.30. The molecule has 1 aliphatic rings. The van der Waals surface area contributed by atoms with Crippen LogP contribution in [-0.2, 0) is 11.2 Å². The van der Waals surface area contributed by atoms with Crippen LogP contribution in [0.2, 0.25) is 0 Å². The molecule has 2 aromatic rings. The van der Waals surface area contributed by atoms with Crippen molar-refractivity contribution in [1.82, 2.24) is 14.6 Å². The molecule has 0 atom stereocenters. The van der Waals surface area contributed by atoms with Crippen LogP contribution in [0.4, 0.5) is 0 Å². The van der Waals surface area contributed by atoms with Crippen LogP contribution in [0.5, 0.6) is 0 Å². The standard InChI is InChI=1S/C12H13N3O/c1-8-3-2-4-12-13-11(14-15(8)12)7-10(16)9-5-6-9/h2-4,9H,5-7H2,1H3. The van der Waals surface area contributed by atoms with Gasteiger partial charge in [-0.05, 0) is 31.9 Å². The summed E-state index contributed by atoms with van der Waals surface area (Å²) in [5, 5.41) is 4.35. The molecule has 1 saturated carbocycles. The molecule has 16 heavy (non-hydrogen) atoms. The summed E-state index contributed by atoms with van der Waals surface area (Å²) in [4.78, 5) is 16.0. The largest absolute Gasteiger partial charge is 0.299 e. The van der Waals surface area contributed by atoms with Crippen LogP contribution in [0.3, 0.4) is 0 Å². The highest BCUT2D eigenvalue weighted by atomic mass is 16.1. The van der Waals surface area contributed by atoms with Gasteiger partial charge in [-0.3, -0.25) is 4.79 Å². The highest BCUT2D eigenvalue weighted by Gasteiger charge is 2.30. The van der Waals surface area contributed by atoms with Crippen molar-refractivity contribution < 1.29 is 4.79 Å². The maximum Gasteiger partial charge on any atom is 0.159 e. The molecule has 0 spiro atoms. The Morgan fingerprint density at radius 2 is 2.31 bits per heavy atom. The lowest BCUT2D eigenvalue weighted by Crippen LogP contribution is -2.06. The lowest BCUT2D eigenvalue weighted by Gasteiger charge is -1.94. The van der Waals surface area contributed by atoms with Crippen molar-refractivity contribution in [1.29, 1.82) is 0 Å². The Hall–Kier alpha value is -1.71. The normalized spacial score (nSPS) is 15.6. The average Bonchev–Trinajstić information content (AvgIpc) is 3.01. The minimum atomic E-state index is 0.285. The molecule has 0 unspecified atom stereocenters. The number of hydrogen-bond donors (Lipinski definition) is 0. The van der Waals surface area contributed by atoms with Crippen molar-refractivity contribution in [3.8, 4) is 0 Å². The fourth-order valence-corrected chi connectivity index (χ4v) is 1.86. The van der Waals surface area contributed by atoms with Crippen LogP contribution in [0, 0.1) is 12.8 Å². The van der Waals surface area contributed by atoms with Crippen molar-refractivity contribution in [3.05, 3.63) is 29.7 Å². The van der Waals surface area contributed by atoms with E-state index in [1.807, 2.05) is 25.1 Å². The zero-order chi connectivity index (χ0) is 11.1. The molecule has 2 aromatic heterocycles. The summed E-state index contributed by atoms with van der Waals surface area (Å²) in [5.74, 6) is 1.22. The van der Waals surface area contributed by atoms with Crippen LogP contribution >= 0.6 is 0 Å². The first-order valence-electron chi connectivity index (χ1n) is 5.58. The second-order valence-electron chi connectivity index (χ2n) is 4.38. The van der Waals surface area contributed by atoms with Gasteiger partial charge in [-0.2, -0.15) is 5.10 Å². The Morgan fingerprint density at radius 1 is 1.50 bits per heavy atom. The van der Waals surface area contributed by atoms with E-state index in [0.717, 1.165) is 24.2 Å². The Balaban J connectivity index is 1.92. The van der Waals surface area contributed by atoms with E-state index < -0.39 is 0 Å². The molecule has 2 heterocycles. The Kier molecular flexibility index (Phi) is 2.02. The van der Waals surface area contributed by atoms with Gasteiger partial charge in [-0.25, -0.2) is 9.50 Å². The van der Waals surface area contributed by atoms with Crippen LogP contribution in [0.1, 0.15) is 24.4 Å². The maximum atomic E-state index is 11.6. The summed E-state index contributed by atoms with van der Waals surface area (Å²) >= 11 is 0. The third-order valence-electron chi connectivity index (χ3n) is 2.96. The summed E-state index contributed by atoms with van der Waals surface area (Å²) in [6.07, 6.45) is 2.47. The molecular weight excluding hydrogens is 202 g/mol. The number of aromatic nitrogens is 3. The van der Waals surface area contributed by atoms with Crippen molar-refractivity contribution in [2.45, 2.75) is 26.2 Å². The molecule has 4 heteroatoms. The number of hydrogen-bond acceptors (Lipinski definition) is 3. The Labute approximate surface area is 93.3 Å². The Bertz CT molecular complexity index is 554. The average molecular weight is 215 g/mol. The van der Waals surface area contributed by atoms with Gasteiger partial charge in [0.25, 0.3) is 0 Å². The minimum absolute atomic E-state index is 0.285. The number of fused-ring (bicyclic) bond motifs is 1. The van der Waals surface area contributed by atoms with Crippen LogP contribution in [-0.4, -0.2) is 20.4 Å². The van der Waals surface area contributed by atoms with Gasteiger partial charge in [-0.15, -0.1) is 0 Å². The molecule has 0 amide bonds. The highest BCUT2D eigenvalue weighted by molar-refractivity contribution is 5.84. The van der Waals surface area contributed by atoms with Gasteiger partial charge in [0.1, 0.15) is 5.78 Å². The first-order valence-corrected chi connectivity index (χ1v) is 5.58. The van der Waals surface area contributed by atoms with Crippen molar-refractivity contribution >= 4 is 11.4 Å². The molecule has 0 N–H and O–H groups in total. The second kappa shape index (κ2) is 3.40. The van der Waals surface area contributed by atoms with E-state index in [0.29, 0.717) is 12.2 Å². The summed E-state index contributed by atoms with van der Waals surface area (Å²) in [5.41, 5.74) is 1.86. The van der Waals surface area contributed by atoms with Gasteiger partial charge in [0.15, 0.2) is 11.5 Å². The molecule has 0 radical (unpaired) electrons. The Morgan fingerprint density at radius 3 is 3.00 bits per heavy atom. The molecule has 1 fully saturated rings. The first-order chi connectivity index (χ1) is 7.74. The predicted molar refractivity (Wildman–Crippen MR) is 59.2 cm³/mol. The third-order valence-corrected chi connectivity index (χ3v) is 2.96. The number of aryl methyl sites for hydroxylation is 1. The summed E-state index contributed by atoms with van der Waals surface area (Å²) in [6.45, 7) is 1.98. The molecular formula is C12H13N3O. The van der Waals surface area contributed by atoms with E-state index in [1.165, 1.54) is 0 Å². The van der Waals surface area contributed by atoms with E-state index in [2.05, 4.69) is 10.1 Å². The smallest absolute Gasteiger partial charge is 0.159 e. The number of Topliss-reactive ketones (excluding diaryl/α,β-unsaturated/α-hetero) is 1. The lowest BCUT2D eigenvalue weighted by atomic mass is 10.2. The predicted octanol–water partition coefficient (Wildman–Crippen LogP) is 1.56. The quantitative estimate of drug-likeness (QED) is 0.780. The first kappa shape index (κ1) is 9.51. The molecule has 0 saturated heterocycles. The van der Waals surface area contributed by atoms with Crippen LogP contribution < -0.4 is 0 Å². The van der Waals surface area contributed by atoms with Gasteiger partial charge >= 0.3 is 0 Å². The van der Waals surface area contributed by atoms with Crippen molar-refractivity contribution in [2.24, 2.45) is 5.92 Å². The van der Waals surface area contributed by atoms with E-state index in [9.17, 15) is 4.79 Å². The van der Waals surface area contributed by atoms with Gasteiger partial charge in [0, 0.05) is 11.6 Å². The van der Waals surface area contributed by atoms with Crippen molar-refractivity contribution in [2.75, 3.05) is 0 Å². The fraction of sp³-hybridized carbons (Fsp3) is 0.417. The van der Waals surface area contributed by atoms with Gasteiger partial charge in [-0.1, -0.05) is 6.07 Å². The number of rotatable bonds is 3. The molecule has 4 nitrogen and oxygen atoms in total. The van der Waals surface area contributed by atoms with Crippen LogP contribution in [0.25, 0.3) is 5.65 Å². The maximum absolute atomic E-state index is 11.6. The summed E-state index contributed by atoms with van der Waals surface area (Å²) in [7, 11) is 0. The van der Waals surface area contributed by atoms with E-state index in [4.69, 9.17) is 0 Å². The monoisotopic (exact) mass is 215 g/mol.